The highest BCUT2D eigenvalue weighted by Crippen LogP contribution is 2.38. The highest BCUT2D eigenvalue weighted by Gasteiger charge is 2.27. The van der Waals surface area contributed by atoms with Gasteiger partial charge in [0.2, 0.25) is 0 Å². The molecular weight excluding hydrogens is 364 g/mol. The lowest BCUT2D eigenvalue weighted by atomic mass is 9.97. The van der Waals surface area contributed by atoms with Crippen molar-refractivity contribution in [2.75, 3.05) is 37.8 Å². The second-order valence-corrected chi connectivity index (χ2v) is 7.74. The topological polar surface area (TPSA) is 60.9 Å². The van der Waals surface area contributed by atoms with Crippen molar-refractivity contribution in [2.24, 2.45) is 5.92 Å². The molecule has 27 heavy (non-hydrogen) atoms. The lowest BCUT2D eigenvalue weighted by Crippen LogP contribution is -2.36. The molecule has 2 aliphatic rings. The molecule has 1 aromatic heterocycles. The average Bonchev–Trinajstić information content (AvgIpc) is 3.07. The molecule has 0 amide bonds. The summed E-state index contributed by atoms with van der Waals surface area (Å²) >= 11 is 1.67. The van der Waals surface area contributed by atoms with Gasteiger partial charge >= 0.3 is 5.97 Å². The molecule has 0 saturated carbocycles. The maximum absolute atomic E-state index is 11.9. The van der Waals surface area contributed by atoms with Gasteiger partial charge in [-0.3, -0.25) is 4.79 Å². The number of aromatic nitrogens is 1. The van der Waals surface area contributed by atoms with Crippen molar-refractivity contribution in [3.8, 4) is 21.9 Å². The highest BCUT2D eigenvalue weighted by atomic mass is 32.1. The molecule has 1 saturated heterocycles. The first kappa shape index (κ1) is 18.1. The van der Waals surface area contributed by atoms with E-state index in [1.165, 1.54) is 0 Å². The van der Waals surface area contributed by atoms with Crippen LogP contribution in [0.4, 0.5) is 5.13 Å². The molecule has 2 aromatic rings. The minimum atomic E-state index is -0.0656. The van der Waals surface area contributed by atoms with Gasteiger partial charge in [-0.05, 0) is 43.5 Å². The van der Waals surface area contributed by atoms with E-state index in [1.54, 1.807) is 11.3 Å². The summed E-state index contributed by atoms with van der Waals surface area (Å²) in [6.45, 7) is 5.34. The van der Waals surface area contributed by atoms with E-state index in [0.717, 1.165) is 59.4 Å². The Morgan fingerprint density at radius 3 is 2.81 bits per heavy atom. The van der Waals surface area contributed by atoms with E-state index >= 15 is 0 Å². The molecule has 144 valence electrons. The summed E-state index contributed by atoms with van der Waals surface area (Å²) in [5.74, 6) is 1.56. The molecule has 4 rings (SSSR count). The fourth-order valence-electron chi connectivity index (χ4n) is 3.43. The standard InChI is InChI=1S/C20H24N2O4S/c1-2-24-19(23)14-6-8-22(9-7-14)20-21-13-18(27-20)15-4-5-16-17(12-15)26-11-3-10-25-16/h4-5,12-14H,2-3,6-11H2,1H3. The van der Waals surface area contributed by atoms with Gasteiger partial charge in [0.15, 0.2) is 16.6 Å². The number of rotatable bonds is 4. The summed E-state index contributed by atoms with van der Waals surface area (Å²) < 4.78 is 16.6. The van der Waals surface area contributed by atoms with Crippen molar-refractivity contribution >= 4 is 22.4 Å². The molecule has 0 bridgehead atoms. The van der Waals surface area contributed by atoms with E-state index in [4.69, 9.17) is 14.2 Å². The summed E-state index contributed by atoms with van der Waals surface area (Å²) in [6, 6.07) is 6.06. The molecule has 0 atom stereocenters. The fourth-order valence-corrected chi connectivity index (χ4v) is 4.39. The van der Waals surface area contributed by atoms with Gasteiger partial charge in [-0.2, -0.15) is 0 Å². The number of thiazole rings is 1. The largest absolute Gasteiger partial charge is 0.490 e. The number of carbonyl (C=O) groups excluding carboxylic acids is 1. The Bertz CT molecular complexity index is 799. The van der Waals surface area contributed by atoms with E-state index in [1.807, 2.05) is 25.3 Å². The third-order valence-corrected chi connectivity index (χ3v) is 6.02. The Morgan fingerprint density at radius 1 is 1.26 bits per heavy atom. The quantitative estimate of drug-likeness (QED) is 0.744. The zero-order chi connectivity index (χ0) is 18.6. The third kappa shape index (κ3) is 4.03. The Kier molecular flexibility index (Phi) is 5.48. The first-order valence-corrected chi connectivity index (χ1v) is 10.3. The third-order valence-electron chi connectivity index (χ3n) is 4.91. The van der Waals surface area contributed by atoms with Gasteiger partial charge in [-0.15, -0.1) is 0 Å². The summed E-state index contributed by atoms with van der Waals surface area (Å²) in [5.41, 5.74) is 1.09. The molecule has 1 fully saturated rings. The number of anilines is 1. The van der Waals surface area contributed by atoms with Gasteiger partial charge in [0.05, 0.1) is 30.6 Å². The molecule has 0 spiro atoms. The smallest absolute Gasteiger partial charge is 0.309 e. The molecule has 0 aliphatic carbocycles. The van der Waals surface area contributed by atoms with Gasteiger partial charge in [0.25, 0.3) is 0 Å². The fraction of sp³-hybridized carbons (Fsp3) is 0.500. The van der Waals surface area contributed by atoms with Crippen molar-refractivity contribution in [2.45, 2.75) is 26.2 Å². The van der Waals surface area contributed by atoms with Crippen molar-refractivity contribution in [1.29, 1.82) is 0 Å². The van der Waals surface area contributed by atoms with Crippen LogP contribution in [0, 0.1) is 5.92 Å². The average molecular weight is 388 g/mol. The number of ether oxygens (including phenoxy) is 3. The molecule has 0 N–H and O–H groups in total. The number of hydrogen-bond donors (Lipinski definition) is 0. The summed E-state index contributed by atoms with van der Waals surface area (Å²) in [4.78, 5) is 19.9. The second kappa shape index (κ2) is 8.17. The number of carbonyl (C=O) groups is 1. The van der Waals surface area contributed by atoms with E-state index in [9.17, 15) is 4.79 Å². The van der Waals surface area contributed by atoms with Crippen LogP contribution in [0.3, 0.4) is 0 Å². The zero-order valence-corrected chi connectivity index (χ0v) is 16.3. The number of fused-ring (bicyclic) bond motifs is 1. The minimum Gasteiger partial charge on any atom is -0.490 e. The molecule has 1 aromatic carbocycles. The highest BCUT2D eigenvalue weighted by molar-refractivity contribution is 7.18. The van der Waals surface area contributed by atoms with Gasteiger partial charge in [-0.25, -0.2) is 4.98 Å². The zero-order valence-electron chi connectivity index (χ0n) is 15.5. The van der Waals surface area contributed by atoms with Crippen LogP contribution in [0.2, 0.25) is 0 Å². The first-order chi connectivity index (χ1) is 13.2. The van der Waals surface area contributed by atoms with Gasteiger partial charge < -0.3 is 19.1 Å². The van der Waals surface area contributed by atoms with Crippen LogP contribution in [-0.4, -0.2) is 43.9 Å². The van der Waals surface area contributed by atoms with Crippen LogP contribution in [0.1, 0.15) is 26.2 Å². The Hall–Kier alpha value is -2.28. The predicted molar refractivity (Wildman–Crippen MR) is 105 cm³/mol. The molecule has 6 nitrogen and oxygen atoms in total. The monoisotopic (exact) mass is 388 g/mol. The summed E-state index contributed by atoms with van der Waals surface area (Å²) in [6.07, 6.45) is 4.45. The number of benzene rings is 1. The maximum atomic E-state index is 11.9. The summed E-state index contributed by atoms with van der Waals surface area (Å²) in [5, 5.41) is 0.999. The van der Waals surface area contributed by atoms with E-state index in [-0.39, 0.29) is 11.9 Å². The number of piperidine rings is 1. The second-order valence-electron chi connectivity index (χ2n) is 6.73. The number of nitrogens with zero attached hydrogens (tertiary/aromatic N) is 2. The molecule has 0 radical (unpaired) electrons. The Labute approximate surface area is 163 Å². The first-order valence-electron chi connectivity index (χ1n) is 9.52. The summed E-state index contributed by atoms with van der Waals surface area (Å²) in [7, 11) is 0. The Morgan fingerprint density at radius 2 is 2.04 bits per heavy atom. The normalized spacial score (nSPS) is 17.4. The Balaban J connectivity index is 1.44. The van der Waals surface area contributed by atoms with Crippen molar-refractivity contribution in [3.63, 3.8) is 0 Å². The van der Waals surface area contributed by atoms with Crippen molar-refractivity contribution < 1.29 is 19.0 Å². The molecular formula is C20H24N2O4S. The van der Waals surface area contributed by atoms with Gasteiger partial charge in [0, 0.05) is 25.7 Å². The van der Waals surface area contributed by atoms with Crippen LogP contribution >= 0.6 is 11.3 Å². The van der Waals surface area contributed by atoms with Gasteiger partial charge in [0.1, 0.15) is 0 Å². The minimum absolute atomic E-state index is 0.0161. The number of esters is 1. The van der Waals surface area contributed by atoms with Crippen LogP contribution in [-0.2, 0) is 9.53 Å². The van der Waals surface area contributed by atoms with Crippen LogP contribution in [0.25, 0.3) is 10.4 Å². The molecule has 2 aliphatic heterocycles. The predicted octanol–water partition coefficient (Wildman–Crippen LogP) is 3.75. The molecule has 0 unspecified atom stereocenters. The molecule has 3 heterocycles. The van der Waals surface area contributed by atoms with Crippen molar-refractivity contribution in [3.05, 3.63) is 24.4 Å². The van der Waals surface area contributed by atoms with E-state index in [2.05, 4.69) is 16.0 Å². The van der Waals surface area contributed by atoms with E-state index in [0.29, 0.717) is 19.8 Å². The van der Waals surface area contributed by atoms with Crippen LogP contribution in [0.15, 0.2) is 24.4 Å². The van der Waals surface area contributed by atoms with Gasteiger partial charge in [-0.1, -0.05) is 11.3 Å². The maximum Gasteiger partial charge on any atom is 0.309 e. The van der Waals surface area contributed by atoms with E-state index < -0.39 is 0 Å². The van der Waals surface area contributed by atoms with Crippen LogP contribution in [0.5, 0.6) is 11.5 Å². The number of hydrogen-bond acceptors (Lipinski definition) is 7. The van der Waals surface area contributed by atoms with Crippen molar-refractivity contribution in [1.82, 2.24) is 4.98 Å². The SMILES string of the molecule is CCOC(=O)C1CCN(c2ncc(-c3ccc4c(c3)OCCCO4)s2)CC1. The lowest BCUT2D eigenvalue weighted by Gasteiger charge is -2.30. The van der Waals surface area contributed by atoms with Crippen LogP contribution < -0.4 is 14.4 Å². The lowest BCUT2D eigenvalue weighted by molar-refractivity contribution is -0.148. The molecule has 7 heteroatoms.